The van der Waals surface area contributed by atoms with Gasteiger partial charge in [-0.25, -0.2) is 13.8 Å². The van der Waals surface area contributed by atoms with Gasteiger partial charge in [0, 0.05) is 32.0 Å². The number of hydrogen-bond acceptors (Lipinski definition) is 3. The summed E-state index contributed by atoms with van der Waals surface area (Å²) in [6, 6.07) is 5.90. The Morgan fingerprint density at radius 3 is 2.72 bits per heavy atom. The summed E-state index contributed by atoms with van der Waals surface area (Å²) >= 11 is 0. The number of carbonyl (C=O) groups excluding carboxylic acids is 1. The molecule has 1 aromatic carbocycles. The van der Waals surface area contributed by atoms with Crippen molar-refractivity contribution in [3.8, 4) is 11.4 Å². The lowest BCUT2D eigenvalue weighted by atomic mass is 10.1. The monoisotopic (exact) mass is 342 g/mol. The van der Waals surface area contributed by atoms with Crippen molar-refractivity contribution in [1.29, 1.82) is 0 Å². The minimum absolute atomic E-state index is 0.0173. The van der Waals surface area contributed by atoms with Crippen LogP contribution in [0.5, 0.6) is 0 Å². The van der Waals surface area contributed by atoms with E-state index in [0.717, 1.165) is 36.4 Å². The van der Waals surface area contributed by atoms with Crippen LogP contribution in [0.4, 0.5) is 14.5 Å². The number of carbonyl (C=O) groups is 1. The van der Waals surface area contributed by atoms with Crippen LogP contribution in [0.2, 0.25) is 0 Å². The molecule has 0 saturated heterocycles. The number of aryl methyl sites for hydroxylation is 2. The summed E-state index contributed by atoms with van der Waals surface area (Å²) < 4.78 is 28.7. The quantitative estimate of drug-likeness (QED) is 0.682. The first-order valence-electron chi connectivity index (χ1n) is 8.06. The summed E-state index contributed by atoms with van der Waals surface area (Å²) in [5, 5.41) is 4.89. The van der Waals surface area contributed by atoms with Gasteiger partial charge in [0.2, 0.25) is 5.91 Å². The first-order valence-corrected chi connectivity index (χ1v) is 8.06. The van der Waals surface area contributed by atoms with E-state index >= 15 is 0 Å². The van der Waals surface area contributed by atoms with E-state index < -0.39 is 11.6 Å². The number of aromatic nitrogens is 3. The van der Waals surface area contributed by atoms with Gasteiger partial charge in [0.15, 0.2) is 11.6 Å². The molecule has 0 atom stereocenters. The second-order valence-electron chi connectivity index (χ2n) is 6.19. The van der Waals surface area contributed by atoms with Crippen molar-refractivity contribution in [3.05, 3.63) is 41.6 Å². The Balaban J connectivity index is 1.87. The minimum atomic E-state index is -0.914. The summed E-state index contributed by atoms with van der Waals surface area (Å²) in [5.74, 6) is -1.84. The van der Waals surface area contributed by atoms with Crippen LogP contribution in [0.15, 0.2) is 24.3 Å². The minimum Gasteiger partial charge on any atom is -0.311 e. The van der Waals surface area contributed by atoms with Gasteiger partial charge in [-0.15, -0.1) is 0 Å². The van der Waals surface area contributed by atoms with Crippen LogP contribution in [0.3, 0.4) is 0 Å². The maximum atomic E-state index is 13.7. The zero-order chi connectivity index (χ0) is 17.7. The van der Waals surface area contributed by atoms with E-state index in [4.69, 9.17) is 0 Å². The number of nitrogens with zero attached hydrogens (tertiary/aromatic N) is 4. The zero-order valence-electron chi connectivity index (χ0n) is 13.9. The Morgan fingerprint density at radius 1 is 1.20 bits per heavy atom. The number of anilines is 1. The highest BCUT2D eigenvalue weighted by molar-refractivity contribution is 5.94. The second-order valence-corrected chi connectivity index (χ2v) is 6.19. The van der Waals surface area contributed by atoms with Gasteiger partial charge in [-0.1, -0.05) is 0 Å². The molecule has 3 heterocycles. The molecule has 1 aliphatic rings. The van der Waals surface area contributed by atoms with E-state index in [-0.39, 0.29) is 5.91 Å². The average molecular weight is 342 g/mol. The fourth-order valence-corrected chi connectivity index (χ4v) is 3.35. The van der Waals surface area contributed by atoms with Gasteiger partial charge in [0.05, 0.1) is 22.6 Å². The first-order chi connectivity index (χ1) is 12.0. The maximum Gasteiger partial charge on any atom is 0.223 e. The maximum absolute atomic E-state index is 13.7. The fourth-order valence-electron chi connectivity index (χ4n) is 3.35. The van der Waals surface area contributed by atoms with E-state index in [9.17, 15) is 13.6 Å². The Morgan fingerprint density at radius 2 is 1.96 bits per heavy atom. The molecule has 3 aromatic rings. The van der Waals surface area contributed by atoms with E-state index in [1.54, 1.807) is 18.0 Å². The molecule has 0 unspecified atom stereocenters. The molecule has 0 spiro atoms. The standard InChI is InChI=1S/C18H16F2N4O/c1-10(25)24-7-3-4-14-16(24)6-5-15(21-14)18-11-8-12(19)13(20)9-17(11)23(2)22-18/h5-6,8-9H,3-4,7H2,1-2H3. The van der Waals surface area contributed by atoms with Gasteiger partial charge in [-0.3, -0.25) is 9.48 Å². The highest BCUT2D eigenvalue weighted by atomic mass is 19.2. The van der Waals surface area contributed by atoms with E-state index in [1.165, 1.54) is 11.6 Å². The molecule has 0 fully saturated rings. The number of amides is 1. The highest BCUT2D eigenvalue weighted by Crippen LogP contribution is 2.32. The van der Waals surface area contributed by atoms with Gasteiger partial charge in [-0.05, 0) is 31.0 Å². The van der Waals surface area contributed by atoms with Crippen LogP contribution in [0.25, 0.3) is 22.3 Å². The van der Waals surface area contributed by atoms with Gasteiger partial charge in [0.25, 0.3) is 0 Å². The molecule has 0 N–H and O–H groups in total. The highest BCUT2D eigenvalue weighted by Gasteiger charge is 2.23. The van der Waals surface area contributed by atoms with E-state index in [0.29, 0.717) is 28.8 Å². The van der Waals surface area contributed by atoms with Crippen LogP contribution < -0.4 is 4.90 Å². The lowest BCUT2D eigenvalue weighted by Gasteiger charge is -2.27. The SMILES string of the molecule is CC(=O)N1CCCc2nc(-c3nn(C)c4cc(F)c(F)cc34)ccc21. The van der Waals surface area contributed by atoms with Crippen molar-refractivity contribution in [2.75, 3.05) is 11.4 Å². The largest absolute Gasteiger partial charge is 0.311 e. The normalized spacial score (nSPS) is 14.0. The topological polar surface area (TPSA) is 51.0 Å². The van der Waals surface area contributed by atoms with Crippen LogP contribution in [0.1, 0.15) is 19.0 Å². The van der Waals surface area contributed by atoms with E-state index in [2.05, 4.69) is 10.1 Å². The molecule has 4 rings (SSSR count). The van der Waals surface area contributed by atoms with Gasteiger partial charge in [0.1, 0.15) is 5.69 Å². The van der Waals surface area contributed by atoms with Crippen molar-refractivity contribution in [2.45, 2.75) is 19.8 Å². The Hall–Kier alpha value is -2.83. The van der Waals surface area contributed by atoms with Gasteiger partial charge < -0.3 is 4.90 Å². The summed E-state index contributed by atoms with van der Waals surface area (Å²) in [4.78, 5) is 18.1. The Labute approximate surface area is 142 Å². The molecule has 0 bridgehead atoms. The van der Waals surface area contributed by atoms with Crippen molar-refractivity contribution >= 4 is 22.5 Å². The van der Waals surface area contributed by atoms with Crippen LogP contribution in [0, 0.1) is 11.6 Å². The Kier molecular flexibility index (Phi) is 3.52. The molecule has 128 valence electrons. The summed E-state index contributed by atoms with van der Waals surface area (Å²) in [7, 11) is 1.68. The summed E-state index contributed by atoms with van der Waals surface area (Å²) in [6.45, 7) is 2.22. The number of hydrogen-bond donors (Lipinski definition) is 0. The number of rotatable bonds is 1. The molecular weight excluding hydrogens is 326 g/mol. The molecule has 1 amide bonds. The Bertz CT molecular complexity index is 1010. The molecule has 1 aliphatic heterocycles. The first kappa shape index (κ1) is 15.7. The number of halogens is 2. The van der Waals surface area contributed by atoms with Crippen molar-refractivity contribution in [1.82, 2.24) is 14.8 Å². The van der Waals surface area contributed by atoms with Crippen LogP contribution in [-0.4, -0.2) is 27.2 Å². The summed E-state index contributed by atoms with van der Waals surface area (Å²) in [6.07, 6.45) is 1.60. The van der Waals surface area contributed by atoms with Crippen molar-refractivity contribution in [3.63, 3.8) is 0 Å². The van der Waals surface area contributed by atoms with Gasteiger partial charge >= 0.3 is 0 Å². The zero-order valence-corrected chi connectivity index (χ0v) is 13.9. The lowest BCUT2D eigenvalue weighted by Crippen LogP contribution is -2.33. The molecule has 25 heavy (non-hydrogen) atoms. The van der Waals surface area contributed by atoms with Crippen LogP contribution in [-0.2, 0) is 18.3 Å². The predicted octanol–water partition coefficient (Wildman–Crippen LogP) is 3.21. The molecule has 0 radical (unpaired) electrons. The van der Waals surface area contributed by atoms with Gasteiger partial charge in [-0.2, -0.15) is 5.10 Å². The van der Waals surface area contributed by atoms with Crippen molar-refractivity contribution < 1.29 is 13.6 Å². The molecule has 7 heteroatoms. The smallest absolute Gasteiger partial charge is 0.223 e. The number of pyridine rings is 1. The fraction of sp³-hybridized carbons (Fsp3) is 0.278. The average Bonchev–Trinajstić information content (AvgIpc) is 2.90. The molecule has 0 aliphatic carbocycles. The summed E-state index contributed by atoms with van der Waals surface area (Å²) in [5.41, 5.74) is 3.21. The molecule has 0 saturated carbocycles. The number of fused-ring (bicyclic) bond motifs is 2. The molecule has 2 aromatic heterocycles. The number of benzene rings is 1. The van der Waals surface area contributed by atoms with E-state index in [1.807, 2.05) is 6.07 Å². The molecular formula is C18H16F2N4O. The predicted molar refractivity (Wildman–Crippen MR) is 90.2 cm³/mol. The second kappa shape index (κ2) is 5.61. The van der Waals surface area contributed by atoms with Crippen LogP contribution >= 0.6 is 0 Å². The third-order valence-corrected chi connectivity index (χ3v) is 4.55. The molecule has 5 nitrogen and oxygen atoms in total. The third-order valence-electron chi connectivity index (χ3n) is 4.55. The van der Waals surface area contributed by atoms with Crippen molar-refractivity contribution in [2.24, 2.45) is 7.05 Å². The lowest BCUT2D eigenvalue weighted by molar-refractivity contribution is -0.116. The third kappa shape index (κ3) is 2.47.